The summed E-state index contributed by atoms with van der Waals surface area (Å²) in [7, 11) is 4.73. The third-order valence-electron chi connectivity index (χ3n) is 5.74. The van der Waals surface area contributed by atoms with E-state index in [2.05, 4.69) is 5.32 Å². The van der Waals surface area contributed by atoms with Crippen LogP contribution in [0, 0.1) is 0 Å². The number of nitrogens with one attached hydrogen (secondary N) is 1. The van der Waals surface area contributed by atoms with Gasteiger partial charge in [-0.1, -0.05) is 19.4 Å². The van der Waals surface area contributed by atoms with Gasteiger partial charge >= 0.3 is 6.09 Å². The number of amides is 1. The van der Waals surface area contributed by atoms with Crippen LogP contribution in [0.3, 0.4) is 0 Å². The predicted molar refractivity (Wildman–Crippen MR) is 130 cm³/mol. The number of benzene rings is 1. The predicted octanol–water partition coefficient (Wildman–Crippen LogP) is 4.98. The van der Waals surface area contributed by atoms with Crippen molar-refractivity contribution in [1.82, 2.24) is 5.32 Å². The molecule has 178 valence electrons. The quantitative estimate of drug-likeness (QED) is 0.428. The number of methoxy groups -OCH3 is 3. The standard InChI is InChI=1S/C25H31NO6S/c1-6-7-12-32-25(28)26-18-10-8-15-13-20(29-2)23(30-3)24(31-4)22(15)16-9-11-21(33-5)19(27)14-17(16)18/h9,11,13-14,18H,6-8,10,12H2,1-5H3,(H,26,28). The summed E-state index contributed by atoms with van der Waals surface area (Å²) in [5.41, 5.74) is 3.24. The smallest absolute Gasteiger partial charge is 0.407 e. The van der Waals surface area contributed by atoms with Crippen molar-refractivity contribution in [2.75, 3.05) is 34.2 Å². The maximum absolute atomic E-state index is 12.9. The van der Waals surface area contributed by atoms with Gasteiger partial charge in [0.15, 0.2) is 16.9 Å². The van der Waals surface area contributed by atoms with Crippen LogP contribution in [0.25, 0.3) is 11.1 Å². The SMILES string of the molecule is CCCCOC(=O)NC1CCc2cc(OC)c(OC)c(OC)c2-c2ccc(SC)c(=O)cc21. The van der Waals surface area contributed by atoms with Gasteiger partial charge in [-0.25, -0.2) is 4.79 Å². The lowest BCUT2D eigenvalue weighted by atomic mass is 9.95. The molecule has 1 N–H and O–H groups in total. The number of rotatable bonds is 8. The Bertz CT molecular complexity index is 1070. The largest absolute Gasteiger partial charge is 0.493 e. The Balaban J connectivity index is 2.22. The lowest BCUT2D eigenvalue weighted by molar-refractivity contribution is 0.140. The Kier molecular flexibility index (Phi) is 8.49. The molecule has 2 aromatic rings. The molecule has 0 spiro atoms. The second-order valence-corrected chi connectivity index (χ2v) is 8.53. The van der Waals surface area contributed by atoms with E-state index in [1.807, 2.05) is 31.4 Å². The number of alkyl carbamates (subject to hydrolysis) is 1. The van der Waals surface area contributed by atoms with Crippen LogP contribution < -0.4 is 25.0 Å². The van der Waals surface area contributed by atoms with E-state index in [1.165, 1.54) is 11.8 Å². The van der Waals surface area contributed by atoms with Gasteiger partial charge in [0.1, 0.15) is 0 Å². The lowest BCUT2D eigenvalue weighted by Gasteiger charge is -2.20. The number of carbonyl (C=O) groups excluding carboxylic acids is 1. The molecule has 7 nitrogen and oxygen atoms in total. The van der Waals surface area contributed by atoms with Crippen molar-refractivity contribution in [3.63, 3.8) is 0 Å². The molecule has 2 aromatic carbocycles. The van der Waals surface area contributed by atoms with E-state index < -0.39 is 12.1 Å². The third kappa shape index (κ3) is 5.21. The zero-order valence-corrected chi connectivity index (χ0v) is 20.6. The highest BCUT2D eigenvalue weighted by Gasteiger charge is 2.30. The molecule has 1 amide bonds. The van der Waals surface area contributed by atoms with Gasteiger partial charge in [-0.3, -0.25) is 4.79 Å². The Morgan fingerprint density at radius 3 is 2.52 bits per heavy atom. The summed E-state index contributed by atoms with van der Waals surface area (Å²) in [4.78, 5) is 26.1. The molecule has 1 atom stereocenters. The van der Waals surface area contributed by atoms with Crippen molar-refractivity contribution in [1.29, 1.82) is 0 Å². The molecular formula is C25H31NO6S. The lowest BCUT2D eigenvalue weighted by Crippen LogP contribution is -2.30. The number of aryl methyl sites for hydroxylation is 1. The zero-order chi connectivity index (χ0) is 24.0. The average Bonchev–Trinajstić information content (AvgIpc) is 3.06. The summed E-state index contributed by atoms with van der Waals surface area (Å²) in [5, 5.41) is 2.97. The van der Waals surface area contributed by atoms with Crippen molar-refractivity contribution in [3.05, 3.63) is 45.6 Å². The van der Waals surface area contributed by atoms with Crippen molar-refractivity contribution in [2.45, 2.75) is 43.5 Å². The van der Waals surface area contributed by atoms with E-state index in [0.29, 0.717) is 41.6 Å². The molecule has 1 aliphatic carbocycles. The number of fused-ring (bicyclic) bond motifs is 3. The molecule has 1 aliphatic rings. The molecular weight excluding hydrogens is 442 g/mol. The van der Waals surface area contributed by atoms with Crippen LogP contribution >= 0.6 is 11.8 Å². The topological polar surface area (TPSA) is 83.1 Å². The fourth-order valence-corrected chi connectivity index (χ4v) is 4.57. The van der Waals surface area contributed by atoms with Crippen molar-refractivity contribution in [2.24, 2.45) is 0 Å². The van der Waals surface area contributed by atoms with Gasteiger partial charge in [0, 0.05) is 5.56 Å². The fraction of sp³-hybridized carbons (Fsp3) is 0.440. The van der Waals surface area contributed by atoms with Gasteiger partial charge in [0.25, 0.3) is 0 Å². The third-order valence-corrected chi connectivity index (χ3v) is 6.52. The van der Waals surface area contributed by atoms with E-state index in [9.17, 15) is 9.59 Å². The van der Waals surface area contributed by atoms with E-state index in [1.54, 1.807) is 27.4 Å². The van der Waals surface area contributed by atoms with Crippen molar-refractivity contribution < 1.29 is 23.7 Å². The minimum atomic E-state index is -0.489. The summed E-state index contributed by atoms with van der Waals surface area (Å²) in [6.07, 6.45) is 4.33. The maximum atomic E-state index is 12.9. The number of carbonyl (C=O) groups is 1. The Morgan fingerprint density at radius 2 is 1.88 bits per heavy atom. The average molecular weight is 474 g/mol. The molecule has 8 heteroatoms. The number of unbranched alkanes of at least 4 members (excludes halogenated alkanes) is 1. The van der Waals surface area contributed by atoms with Crippen LogP contribution in [0.5, 0.6) is 17.2 Å². The summed E-state index contributed by atoms with van der Waals surface area (Å²) in [5.74, 6) is 1.58. The first-order valence-electron chi connectivity index (χ1n) is 11.0. The Hall–Kier alpha value is -2.87. The molecule has 3 rings (SSSR count). The summed E-state index contributed by atoms with van der Waals surface area (Å²) < 4.78 is 22.3. The molecule has 0 saturated heterocycles. The molecule has 0 fully saturated rings. The van der Waals surface area contributed by atoms with E-state index in [4.69, 9.17) is 18.9 Å². The molecule has 0 radical (unpaired) electrons. The van der Waals surface area contributed by atoms with Crippen LogP contribution in [-0.4, -0.2) is 40.3 Å². The number of hydrogen-bond donors (Lipinski definition) is 1. The summed E-state index contributed by atoms with van der Waals surface area (Å²) >= 11 is 1.39. The number of ether oxygens (including phenoxy) is 4. The van der Waals surface area contributed by atoms with Gasteiger partial charge in [-0.15, -0.1) is 11.8 Å². The Labute approximate surface area is 198 Å². The second-order valence-electron chi connectivity index (χ2n) is 7.68. The highest BCUT2D eigenvalue weighted by atomic mass is 32.2. The van der Waals surface area contributed by atoms with Gasteiger partial charge in [-0.05, 0) is 60.4 Å². The van der Waals surface area contributed by atoms with Gasteiger partial charge in [0.05, 0.1) is 38.9 Å². The molecule has 0 aliphatic heterocycles. The zero-order valence-electron chi connectivity index (χ0n) is 19.8. The minimum Gasteiger partial charge on any atom is -0.493 e. The number of thioether (sulfide) groups is 1. The van der Waals surface area contributed by atoms with E-state index in [0.717, 1.165) is 35.1 Å². The normalized spacial score (nSPS) is 14.4. The highest BCUT2D eigenvalue weighted by Crippen LogP contribution is 2.50. The van der Waals surface area contributed by atoms with Crippen molar-refractivity contribution in [3.8, 4) is 28.4 Å². The maximum Gasteiger partial charge on any atom is 0.407 e. The summed E-state index contributed by atoms with van der Waals surface area (Å²) in [6, 6.07) is 6.87. The summed E-state index contributed by atoms with van der Waals surface area (Å²) in [6.45, 7) is 2.39. The first kappa shape index (κ1) is 24.8. The van der Waals surface area contributed by atoms with Gasteiger partial charge in [0.2, 0.25) is 5.75 Å². The van der Waals surface area contributed by atoms with E-state index >= 15 is 0 Å². The molecule has 0 aromatic heterocycles. The molecule has 33 heavy (non-hydrogen) atoms. The minimum absolute atomic E-state index is 0.0993. The monoisotopic (exact) mass is 473 g/mol. The first-order chi connectivity index (χ1) is 16.0. The van der Waals surface area contributed by atoms with Crippen LogP contribution in [0.15, 0.2) is 34.0 Å². The van der Waals surface area contributed by atoms with Gasteiger partial charge < -0.3 is 24.3 Å². The Morgan fingerprint density at radius 1 is 1.12 bits per heavy atom. The van der Waals surface area contributed by atoms with E-state index in [-0.39, 0.29) is 5.43 Å². The molecule has 0 saturated carbocycles. The van der Waals surface area contributed by atoms with Crippen LogP contribution in [0.1, 0.15) is 43.4 Å². The van der Waals surface area contributed by atoms with Crippen LogP contribution in [0.2, 0.25) is 0 Å². The van der Waals surface area contributed by atoms with Crippen LogP contribution in [0.4, 0.5) is 4.79 Å². The molecule has 1 unspecified atom stereocenters. The molecule has 0 bridgehead atoms. The molecule has 0 heterocycles. The van der Waals surface area contributed by atoms with Gasteiger partial charge in [-0.2, -0.15) is 0 Å². The first-order valence-corrected chi connectivity index (χ1v) is 12.2. The van der Waals surface area contributed by atoms with Crippen LogP contribution in [-0.2, 0) is 11.2 Å². The van der Waals surface area contributed by atoms with Crippen molar-refractivity contribution >= 4 is 17.9 Å². The highest BCUT2D eigenvalue weighted by molar-refractivity contribution is 7.98. The second kappa shape index (κ2) is 11.3. The fourth-order valence-electron chi connectivity index (χ4n) is 4.11. The number of hydrogen-bond acceptors (Lipinski definition) is 7.